The van der Waals surface area contributed by atoms with Crippen molar-refractivity contribution < 1.29 is 9.59 Å². The van der Waals surface area contributed by atoms with E-state index in [1.165, 1.54) is 0 Å². The fraction of sp³-hybridized carbons (Fsp3) is 0.200. The zero-order valence-corrected chi connectivity index (χ0v) is 10.7. The average molecular weight is 243 g/mol. The van der Waals surface area contributed by atoms with Gasteiger partial charge in [-0.15, -0.1) is 0 Å². The Bertz CT molecular complexity index is 513. The third-order valence-corrected chi connectivity index (χ3v) is 2.71. The molecule has 1 aromatic carbocycles. The Labute approximate surface area is 107 Å². The van der Waals surface area contributed by atoms with Crippen LogP contribution < -0.4 is 5.73 Å². The van der Waals surface area contributed by atoms with Crippen molar-refractivity contribution in [1.82, 2.24) is 0 Å². The lowest BCUT2D eigenvalue weighted by Crippen LogP contribution is -2.18. The van der Waals surface area contributed by atoms with Crippen molar-refractivity contribution in [3.05, 3.63) is 59.2 Å². The van der Waals surface area contributed by atoms with Gasteiger partial charge in [-0.2, -0.15) is 0 Å². The molecule has 94 valence electrons. The minimum Gasteiger partial charge on any atom is -0.366 e. The quantitative estimate of drug-likeness (QED) is 0.806. The molecule has 0 atom stereocenters. The van der Waals surface area contributed by atoms with Gasteiger partial charge in [0.2, 0.25) is 5.91 Å². The fourth-order valence-electron chi connectivity index (χ4n) is 1.59. The van der Waals surface area contributed by atoms with Gasteiger partial charge in [-0.3, -0.25) is 9.59 Å². The molecule has 1 amide bonds. The number of allylic oxidation sites excluding steroid dienone is 2. The van der Waals surface area contributed by atoms with Gasteiger partial charge < -0.3 is 5.73 Å². The molecule has 0 fully saturated rings. The molecular weight excluding hydrogens is 226 g/mol. The zero-order chi connectivity index (χ0) is 13.7. The highest BCUT2D eigenvalue weighted by Gasteiger charge is 2.16. The van der Waals surface area contributed by atoms with E-state index in [9.17, 15) is 9.59 Å². The summed E-state index contributed by atoms with van der Waals surface area (Å²) in [5, 5.41) is 0. The van der Waals surface area contributed by atoms with Crippen LogP contribution in [-0.4, -0.2) is 11.7 Å². The van der Waals surface area contributed by atoms with Crippen LogP contribution in [0.2, 0.25) is 0 Å². The van der Waals surface area contributed by atoms with Gasteiger partial charge in [-0.1, -0.05) is 36.9 Å². The Morgan fingerprint density at radius 2 is 1.72 bits per heavy atom. The molecule has 0 saturated heterocycles. The lowest BCUT2D eigenvalue weighted by Gasteiger charge is -2.09. The van der Waals surface area contributed by atoms with Gasteiger partial charge >= 0.3 is 0 Å². The molecule has 0 radical (unpaired) electrons. The molecule has 0 aliphatic carbocycles. The Hall–Kier alpha value is -2.16. The monoisotopic (exact) mass is 243 g/mol. The minimum atomic E-state index is -0.574. The molecule has 0 aliphatic rings. The molecule has 18 heavy (non-hydrogen) atoms. The number of carbonyl (C=O) groups is 2. The first kappa shape index (κ1) is 13.9. The second-order valence-electron chi connectivity index (χ2n) is 4.24. The molecule has 3 nitrogen and oxygen atoms in total. The number of hydrogen-bond acceptors (Lipinski definition) is 2. The average Bonchev–Trinajstić information content (AvgIpc) is 2.35. The maximum atomic E-state index is 12.0. The van der Waals surface area contributed by atoms with Crippen LogP contribution in [0.15, 0.2) is 53.6 Å². The summed E-state index contributed by atoms with van der Waals surface area (Å²) in [5.74, 6) is -0.786. The van der Waals surface area contributed by atoms with E-state index in [1.54, 1.807) is 13.8 Å². The maximum Gasteiger partial charge on any atom is 0.244 e. The summed E-state index contributed by atoms with van der Waals surface area (Å²) >= 11 is 0. The first-order chi connectivity index (χ1) is 8.43. The molecular formula is C15H17NO2. The fourth-order valence-corrected chi connectivity index (χ4v) is 1.59. The Morgan fingerprint density at radius 3 is 2.17 bits per heavy atom. The molecule has 0 saturated carbocycles. The number of rotatable bonds is 5. The number of benzene rings is 1. The van der Waals surface area contributed by atoms with Gasteiger partial charge in [0.15, 0.2) is 5.78 Å². The van der Waals surface area contributed by atoms with Crippen molar-refractivity contribution in [2.75, 3.05) is 0 Å². The van der Waals surface area contributed by atoms with Gasteiger partial charge in [0.05, 0.1) is 0 Å². The van der Waals surface area contributed by atoms with Crippen LogP contribution >= 0.6 is 0 Å². The number of primary amides is 1. The summed E-state index contributed by atoms with van der Waals surface area (Å²) < 4.78 is 0. The topological polar surface area (TPSA) is 60.2 Å². The molecule has 1 rings (SSSR count). The number of amides is 1. The molecule has 0 unspecified atom stereocenters. The zero-order valence-electron chi connectivity index (χ0n) is 10.7. The second kappa shape index (κ2) is 5.96. The van der Waals surface area contributed by atoms with Crippen molar-refractivity contribution in [3.8, 4) is 0 Å². The highest BCUT2D eigenvalue weighted by Crippen LogP contribution is 2.16. The Kier molecular flexibility index (Phi) is 4.60. The summed E-state index contributed by atoms with van der Waals surface area (Å²) in [4.78, 5) is 23.3. The van der Waals surface area contributed by atoms with E-state index in [4.69, 9.17) is 5.73 Å². The summed E-state index contributed by atoms with van der Waals surface area (Å²) in [6.07, 6.45) is 0.390. The number of nitrogens with two attached hydrogens (primary N) is 1. The molecule has 2 N–H and O–H groups in total. The van der Waals surface area contributed by atoms with Crippen LogP contribution in [0.4, 0.5) is 0 Å². The smallest absolute Gasteiger partial charge is 0.244 e. The first-order valence-corrected chi connectivity index (χ1v) is 5.67. The van der Waals surface area contributed by atoms with E-state index in [1.807, 2.05) is 30.3 Å². The van der Waals surface area contributed by atoms with Crippen molar-refractivity contribution in [2.45, 2.75) is 20.3 Å². The van der Waals surface area contributed by atoms with E-state index in [0.717, 1.165) is 5.56 Å². The normalized spacial score (nSPS) is 11.7. The molecule has 0 aliphatic heterocycles. The first-order valence-electron chi connectivity index (χ1n) is 5.67. The second-order valence-corrected chi connectivity index (χ2v) is 4.24. The highest BCUT2D eigenvalue weighted by molar-refractivity contribution is 6.12. The molecule has 0 aromatic heterocycles. The van der Waals surface area contributed by atoms with Gasteiger partial charge in [0.25, 0.3) is 0 Å². The largest absolute Gasteiger partial charge is 0.366 e. The molecule has 0 bridgehead atoms. The maximum absolute atomic E-state index is 12.0. The van der Waals surface area contributed by atoms with Crippen molar-refractivity contribution in [2.24, 2.45) is 5.73 Å². The van der Waals surface area contributed by atoms with Gasteiger partial charge in [-0.25, -0.2) is 0 Å². The molecule has 1 aromatic rings. The van der Waals surface area contributed by atoms with E-state index in [0.29, 0.717) is 23.1 Å². The van der Waals surface area contributed by atoms with Gasteiger partial charge in [0, 0.05) is 17.6 Å². The lowest BCUT2D eigenvalue weighted by atomic mass is 9.94. The van der Waals surface area contributed by atoms with E-state index in [-0.39, 0.29) is 5.78 Å². The summed E-state index contributed by atoms with van der Waals surface area (Å²) in [5.41, 5.74) is 7.33. The summed E-state index contributed by atoms with van der Waals surface area (Å²) in [6, 6.07) is 9.48. The molecule has 3 heteroatoms. The van der Waals surface area contributed by atoms with Crippen molar-refractivity contribution in [1.29, 1.82) is 0 Å². The predicted octanol–water partition coefficient (Wildman–Crippen LogP) is 2.18. The Balaban J connectivity index is 3.15. The lowest BCUT2D eigenvalue weighted by molar-refractivity contribution is -0.116. The van der Waals surface area contributed by atoms with Crippen LogP contribution in [0.5, 0.6) is 0 Å². The third-order valence-electron chi connectivity index (χ3n) is 2.71. The van der Waals surface area contributed by atoms with Crippen LogP contribution in [0, 0.1) is 0 Å². The number of ketones is 1. The van der Waals surface area contributed by atoms with Crippen LogP contribution in [0.3, 0.4) is 0 Å². The van der Waals surface area contributed by atoms with Crippen LogP contribution in [0.25, 0.3) is 0 Å². The van der Waals surface area contributed by atoms with E-state index >= 15 is 0 Å². The predicted molar refractivity (Wildman–Crippen MR) is 71.9 cm³/mol. The summed E-state index contributed by atoms with van der Waals surface area (Å²) in [7, 11) is 0. The van der Waals surface area contributed by atoms with Crippen LogP contribution in [0.1, 0.15) is 19.4 Å². The number of carbonyl (C=O) groups excluding carboxylic acids is 2. The van der Waals surface area contributed by atoms with E-state index in [2.05, 4.69) is 6.58 Å². The minimum absolute atomic E-state index is 0.213. The number of hydrogen-bond donors (Lipinski definition) is 1. The Morgan fingerprint density at radius 1 is 1.17 bits per heavy atom. The highest BCUT2D eigenvalue weighted by atomic mass is 16.1. The van der Waals surface area contributed by atoms with Crippen molar-refractivity contribution >= 4 is 11.7 Å². The molecule has 0 heterocycles. The van der Waals surface area contributed by atoms with Crippen molar-refractivity contribution in [3.63, 3.8) is 0 Å². The standard InChI is InChI=1S/C15H17NO2/c1-10(2)14(17)13(11(3)15(16)18)9-12-7-5-4-6-8-12/h4-8H,1,9H2,2-3H3,(H2,16,18). The SMILES string of the molecule is C=C(C)C(=O)C(Cc1ccccc1)=C(C)C(N)=O. The third kappa shape index (κ3) is 3.42. The van der Waals surface area contributed by atoms with Gasteiger partial charge in [-0.05, 0) is 25.0 Å². The van der Waals surface area contributed by atoms with Crippen LogP contribution in [-0.2, 0) is 16.0 Å². The van der Waals surface area contributed by atoms with E-state index < -0.39 is 5.91 Å². The number of Topliss-reactive ketones (excluding diaryl/α,β-unsaturated/α-hetero) is 1. The molecule has 0 spiro atoms. The van der Waals surface area contributed by atoms with Gasteiger partial charge in [0.1, 0.15) is 0 Å². The summed E-state index contributed by atoms with van der Waals surface area (Å²) in [6.45, 7) is 6.82.